The number of aromatic nitrogens is 2. The molecule has 0 saturated heterocycles. The highest BCUT2D eigenvalue weighted by Crippen LogP contribution is 2.32. The number of hydrogen-bond acceptors (Lipinski definition) is 3. The molecule has 114 valence electrons. The first-order valence-electron chi connectivity index (χ1n) is 6.84. The molecule has 0 radical (unpaired) electrons. The van der Waals surface area contributed by atoms with Crippen LogP contribution >= 0.6 is 0 Å². The third kappa shape index (κ3) is 2.90. The molecule has 1 unspecified atom stereocenters. The smallest absolute Gasteiger partial charge is 0.161 e. The first kappa shape index (κ1) is 15.4. The highest BCUT2D eigenvalue weighted by atomic mass is 19.1. The minimum atomic E-state index is -0.671. The topological polar surface area (TPSA) is 39.1 Å². The van der Waals surface area contributed by atoms with E-state index in [2.05, 4.69) is 10.4 Å². The number of nitrogens with zero attached hydrogens (tertiary/aromatic N) is 2. The van der Waals surface area contributed by atoms with Gasteiger partial charge in [0.1, 0.15) is 17.3 Å². The molecule has 21 heavy (non-hydrogen) atoms. The Labute approximate surface area is 122 Å². The molecule has 2 rings (SSSR count). The van der Waals surface area contributed by atoms with E-state index in [0.717, 1.165) is 6.42 Å². The summed E-state index contributed by atoms with van der Waals surface area (Å²) in [7, 11) is 3.17. The van der Waals surface area contributed by atoms with Crippen molar-refractivity contribution < 1.29 is 13.5 Å². The molecule has 6 heteroatoms. The maximum absolute atomic E-state index is 14.1. The van der Waals surface area contributed by atoms with Crippen LogP contribution in [0.15, 0.2) is 24.4 Å². The van der Waals surface area contributed by atoms with Crippen LogP contribution in [0.1, 0.15) is 30.6 Å². The van der Waals surface area contributed by atoms with Gasteiger partial charge in [-0.3, -0.25) is 4.68 Å². The van der Waals surface area contributed by atoms with E-state index in [0.29, 0.717) is 18.0 Å². The van der Waals surface area contributed by atoms with Crippen LogP contribution in [0, 0.1) is 11.6 Å². The van der Waals surface area contributed by atoms with Gasteiger partial charge in [0.15, 0.2) is 5.75 Å². The van der Waals surface area contributed by atoms with E-state index >= 15 is 0 Å². The monoisotopic (exact) mass is 295 g/mol. The summed E-state index contributed by atoms with van der Waals surface area (Å²) in [6.07, 6.45) is 2.42. The molecular formula is C15H19F2N3O. The van der Waals surface area contributed by atoms with Crippen LogP contribution in [0.3, 0.4) is 0 Å². The van der Waals surface area contributed by atoms with Gasteiger partial charge in [-0.05, 0) is 25.6 Å². The van der Waals surface area contributed by atoms with E-state index in [4.69, 9.17) is 4.74 Å². The molecule has 0 bridgehead atoms. The van der Waals surface area contributed by atoms with Gasteiger partial charge in [-0.15, -0.1) is 0 Å². The zero-order valence-electron chi connectivity index (χ0n) is 12.4. The standard InChI is InChI=1S/C15H19F2N3O/c1-4-8-20-15(12(21-3)9-19-20)14(18-2)13-10(16)6-5-7-11(13)17/h5-7,9,14,18H,4,8H2,1-3H3. The molecular weight excluding hydrogens is 276 g/mol. The van der Waals surface area contributed by atoms with Crippen LogP contribution in [-0.2, 0) is 6.54 Å². The summed E-state index contributed by atoms with van der Waals surface area (Å²) in [6.45, 7) is 2.66. The highest BCUT2D eigenvalue weighted by Gasteiger charge is 2.27. The lowest BCUT2D eigenvalue weighted by molar-refractivity contribution is 0.396. The number of aryl methyl sites for hydroxylation is 1. The lowest BCUT2D eigenvalue weighted by Crippen LogP contribution is -2.24. The first-order valence-corrected chi connectivity index (χ1v) is 6.84. The van der Waals surface area contributed by atoms with Crippen molar-refractivity contribution in [2.75, 3.05) is 14.2 Å². The molecule has 0 amide bonds. The fourth-order valence-electron chi connectivity index (χ4n) is 2.42. The third-order valence-electron chi connectivity index (χ3n) is 3.35. The molecule has 1 N–H and O–H groups in total. The molecule has 0 spiro atoms. The van der Waals surface area contributed by atoms with Gasteiger partial charge in [0, 0.05) is 12.1 Å². The Morgan fingerprint density at radius 1 is 1.33 bits per heavy atom. The van der Waals surface area contributed by atoms with E-state index in [1.54, 1.807) is 17.9 Å². The maximum atomic E-state index is 14.1. The number of nitrogens with one attached hydrogen (secondary N) is 1. The molecule has 0 fully saturated rings. The van der Waals surface area contributed by atoms with Gasteiger partial charge < -0.3 is 10.1 Å². The van der Waals surface area contributed by atoms with Crippen molar-refractivity contribution in [1.82, 2.24) is 15.1 Å². The molecule has 0 aliphatic carbocycles. The largest absolute Gasteiger partial charge is 0.493 e. The Balaban J connectivity index is 2.58. The van der Waals surface area contributed by atoms with Crippen LogP contribution in [0.5, 0.6) is 5.75 Å². The summed E-state index contributed by atoms with van der Waals surface area (Å²) in [4.78, 5) is 0. The highest BCUT2D eigenvalue weighted by molar-refractivity contribution is 5.37. The van der Waals surface area contributed by atoms with Crippen molar-refractivity contribution in [3.8, 4) is 5.75 Å². The van der Waals surface area contributed by atoms with Crippen molar-refractivity contribution in [2.45, 2.75) is 25.9 Å². The normalized spacial score (nSPS) is 12.4. The van der Waals surface area contributed by atoms with Crippen molar-refractivity contribution in [3.63, 3.8) is 0 Å². The molecule has 2 aromatic rings. The number of benzene rings is 1. The molecule has 0 aliphatic rings. The van der Waals surface area contributed by atoms with Gasteiger partial charge in [-0.2, -0.15) is 5.10 Å². The van der Waals surface area contributed by atoms with Crippen molar-refractivity contribution in [1.29, 1.82) is 0 Å². The van der Waals surface area contributed by atoms with Crippen LogP contribution in [0.25, 0.3) is 0 Å². The average Bonchev–Trinajstić information content (AvgIpc) is 2.86. The van der Waals surface area contributed by atoms with Crippen LogP contribution in [0.4, 0.5) is 8.78 Å². The summed E-state index contributed by atoms with van der Waals surface area (Å²) in [5.41, 5.74) is 0.585. The van der Waals surface area contributed by atoms with E-state index in [9.17, 15) is 8.78 Å². The number of rotatable bonds is 6. The molecule has 1 heterocycles. The van der Waals surface area contributed by atoms with Crippen molar-refractivity contribution in [2.24, 2.45) is 0 Å². The Hall–Kier alpha value is -1.95. The van der Waals surface area contributed by atoms with Gasteiger partial charge in [0.2, 0.25) is 0 Å². The van der Waals surface area contributed by atoms with Crippen LogP contribution < -0.4 is 10.1 Å². The lowest BCUT2D eigenvalue weighted by atomic mass is 10.0. The number of methoxy groups -OCH3 is 1. The second-order valence-corrected chi connectivity index (χ2v) is 4.68. The Morgan fingerprint density at radius 3 is 2.52 bits per heavy atom. The van der Waals surface area contributed by atoms with Gasteiger partial charge >= 0.3 is 0 Å². The zero-order valence-corrected chi connectivity index (χ0v) is 12.4. The van der Waals surface area contributed by atoms with E-state index in [-0.39, 0.29) is 5.56 Å². The Bertz CT molecular complexity index is 593. The Kier molecular flexibility index (Phi) is 4.90. The number of hydrogen-bond donors (Lipinski definition) is 1. The number of halogens is 2. The molecule has 1 atom stereocenters. The van der Waals surface area contributed by atoms with Crippen molar-refractivity contribution in [3.05, 3.63) is 47.3 Å². The SMILES string of the molecule is CCCn1ncc(OC)c1C(NC)c1c(F)cccc1F. The predicted octanol–water partition coefficient (Wildman–Crippen LogP) is 2.89. The second-order valence-electron chi connectivity index (χ2n) is 4.68. The van der Waals surface area contributed by atoms with Crippen molar-refractivity contribution >= 4 is 0 Å². The molecule has 4 nitrogen and oxygen atoms in total. The summed E-state index contributed by atoms with van der Waals surface area (Å²) >= 11 is 0. The lowest BCUT2D eigenvalue weighted by Gasteiger charge is -2.20. The minimum absolute atomic E-state index is 0.0313. The summed E-state index contributed by atoms with van der Waals surface area (Å²) in [5.74, 6) is -0.688. The predicted molar refractivity (Wildman–Crippen MR) is 76.3 cm³/mol. The van der Waals surface area contributed by atoms with Crippen LogP contribution in [-0.4, -0.2) is 23.9 Å². The fourth-order valence-corrected chi connectivity index (χ4v) is 2.42. The van der Waals surface area contributed by atoms with E-state index in [1.807, 2.05) is 6.92 Å². The minimum Gasteiger partial charge on any atom is -0.493 e. The van der Waals surface area contributed by atoms with E-state index < -0.39 is 17.7 Å². The van der Waals surface area contributed by atoms with E-state index in [1.165, 1.54) is 25.3 Å². The van der Waals surface area contributed by atoms with Gasteiger partial charge in [0.05, 0.1) is 19.3 Å². The summed E-state index contributed by atoms with van der Waals surface area (Å²) < 4.78 is 35.2. The molecule has 0 aliphatic heterocycles. The maximum Gasteiger partial charge on any atom is 0.161 e. The molecule has 1 aromatic carbocycles. The second kappa shape index (κ2) is 6.67. The number of ether oxygens (including phenoxy) is 1. The summed E-state index contributed by atoms with van der Waals surface area (Å²) in [6, 6.07) is 3.17. The quantitative estimate of drug-likeness (QED) is 0.890. The first-order chi connectivity index (χ1) is 10.1. The molecule has 0 saturated carbocycles. The fraction of sp³-hybridized carbons (Fsp3) is 0.400. The summed E-state index contributed by atoms with van der Waals surface area (Å²) in [5, 5.41) is 7.19. The van der Waals surface area contributed by atoms with Gasteiger partial charge in [-0.25, -0.2) is 8.78 Å². The third-order valence-corrected chi connectivity index (χ3v) is 3.35. The van der Waals surface area contributed by atoms with Gasteiger partial charge in [0.25, 0.3) is 0 Å². The molecule has 1 aromatic heterocycles. The van der Waals surface area contributed by atoms with Crippen LogP contribution in [0.2, 0.25) is 0 Å². The Morgan fingerprint density at radius 2 is 2.00 bits per heavy atom. The average molecular weight is 295 g/mol. The van der Waals surface area contributed by atoms with Gasteiger partial charge in [-0.1, -0.05) is 13.0 Å². The zero-order chi connectivity index (χ0) is 15.4.